The highest BCUT2D eigenvalue weighted by Crippen LogP contribution is 2.35. The van der Waals surface area contributed by atoms with Gasteiger partial charge in [-0.1, -0.05) is 17.6 Å². The summed E-state index contributed by atoms with van der Waals surface area (Å²) in [6.45, 7) is 0. The number of rotatable bonds is 2. The Hall–Kier alpha value is -2.67. The van der Waals surface area contributed by atoms with Gasteiger partial charge in [-0.05, 0) is 18.2 Å². The lowest BCUT2D eigenvalue weighted by atomic mass is 9.96. The number of aromatic nitrogens is 3. The molecule has 0 amide bonds. The quantitative estimate of drug-likeness (QED) is 0.519. The lowest BCUT2D eigenvalue weighted by Gasteiger charge is -2.13. The van der Waals surface area contributed by atoms with E-state index in [0.717, 1.165) is 32.6 Å². The van der Waals surface area contributed by atoms with Crippen LogP contribution in [-0.4, -0.2) is 36.5 Å². The Morgan fingerprint density at radius 2 is 2.04 bits per heavy atom. The van der Waals surface area contributed by atoms with Crippen LogP contribution in [0.15, 0.2) is 47.7 Å². The van der Waals surface area contributed by atoms with Crippen LogP contribution in [0.25, 0.3) is 26.1 Å². The summed E-state index contributed by atoms with van der Waals surface area (Å²) < 4.78 is 2.23. The van der Waals surface area contributed by atoms with E-state index in [9.17, 15) is 4.79 Å². The van der Waals surface area contributed by atoms with Crippen molar-refractivity contribution in [2.24, 2.45) is 0 Å². The summed E-state index contributed by atoms with van der Waals surface area (Å²) in [7, 11) is 5.96. The van der Waals surface area contributed by atoms with Crippen molar-refractivity contribution in [3.05, 3.63) is 53.2 Å². The number of hydrogen-bond acceptors (Lipinski definition) is 5. The molecule has 7 heteroatoms. The Labute approximate surface area is 143 Å². The van der Waals surface area contributed by atoms with Gasteiger partial charge in [0.15, 0.2) is 0 Å². The summed E-state index contributed by atoms with van der Waals surface area (Å²) in [6, 6.07) is 9.79. The van der Waals surface area contributed by atoms with Crippen molar-refractivity contribution < 1.29 is 0 Å². The van der Waals surface area contributed by atoms with Gasteiger partial charge in [-0.3, -0.25) is 9.36 Å². The van der Waals surface area contributed by atoms with Crippen LogP contribution in [0.3, 0.4) is 0 Å². The maximum atomic E-state index is 13.0. The fraction of sp³-hybridized carbons (Fsp3) is 0.118. The van der Waals surface area contributed by atoms with Crippen LogP contribution in [0.4, 0.5) is 5.69 Å². The van der Waals surface area contributed by atoms with Crippen molar-refractivity contribution >= 4 is 50.8 Å². The van der Waals surface area contributed by atoms with Gasteiger partial charge >= 0.3 is 0 Å². The van der Waals surface area contributed by atoms with Crippen molar-refractivity contribution in [2.75, 3.05) is 19.0 Å². The zero-order chi connectivity index (χ0) is 16.8. The molecule has 4 aromatic rings. The molecular formula is C17H15BN4OS. The Morgan fingerprint density at radius 3 is 2.79 bits per heavy atom. The zero-order valence-corrected chi connectivity index (χ0v) is 14.5. The second kappa shape index (κ2) is 5.45. The molecule has 0 saturated carbocycles. The summed E-state index contributed by atoms with van der Waals surface area (Å²) in [5, 5.41) is 0.941. The maximum absolute atomic E-state index is 13.0. The summed E-state index contributed by atoms with van der Waals surface area (Å²) in [6.07, 6.45) is 3.38. The summed E-state index contributed by atoms with van der Waals surface area (Å²) in [4.78, 5) is 24.8. The van der Waals surface area contributed by atoms with Gasteiger partial charge in [-0.15, -0.1) is 11.3 Å². The number of benzene rings is 1. The molecule has 3 heterocycles. The molecule has 5 nitrogen and oxygen atoms in total. The van der Waals surface area contributed by atoms with Gasteiger partial charge in [-0.25, -0.2) is 9.97 Å². The smallest absolute Gasteiger partial charge is 0.275 e. The molecule has 0 atom stereocenters. The fourth-order valence-corrected chi connectivity index (χ4v) is 3.92. The van der Waals surface area contributed by atoms with Crippen LogP contribution in [0, 0.1) is 0 Å². The second-order valence-corrected chi connectivity index (χ2v) is 6.94. The molecule has 1 aromatic carbocycles. The second-order valence-electron chi connectivity index (χ2n) is 5.94. The van der Waals surface area contributed by atoms with Crippen LogP contribution in [-0.2, 0) is 0 Å². The van der Waals surface area contributed by atoms with Gasteiger partial charge in [0.25, 0.3) is 5.56 Å². The molecule has 0 radical (unpaired) electrons. The minimum absolute atomic E-state index is 0.0571. The summed E-state index contributed by atoms with van der Waals surface area (Å²) in [5.74, 6) is 0. The average molecular weight is 334 g/mol. The number of pyridine rings is 1. The lowest BCUT2D eigenvalue weighted by molar-refractivity contribution is 0.969. The van der Waals surface area contributed by atoms with Gasteiger partial charge in [0, 0.05) is 26.0 Å². The summed E-state index contributed by atoms with van der Waals surface area (Å²) >= 11 is 1.40. The first-order valence-electron chi connectivity index (χ1n) is 7.59. The molecule has 3 aromatic heterocycles. The Bertz CT molecular complexity index is 1130. The van der Waals surface area contributed by atoms with Gasteiger partial charge < -0.3 is 4.90 Å². The molecule has 0 N–H and O–H groups in total. The minimum Gasteiger partial charge on any atom is -0.377 e. The first-order valence-corrected chi connectivity index (χ1v) is 8.41. The van der Waals surface area contributed by atoms with Gasteiger partial charge in [0.1, 0.15) is 23.7 Å². The van der Waals surface area contributed by atoms with Gasteiger partial charge in [0.2, 0.25) is 0 Å². The highest BCUT2D eigenvalue weighted by molar-refractivity contribution is 7.25. The van der Waals surface area contributed by atoms with E-state index in [1.165, 1.54) is 11.3 Å². The van der Waals surface area contributed by atoms with E-state index >= 15 is 0 Å². The first kappa shape index (κ1) is 14.9. The molecule has 0 spiro atoms. The Balaban J connectivity index is 2.06. The average Bonchev–Trinajstić information content (AvgIpc) is 2.94. The van der Waals surface area contributed by atoms with Gasteiger partial charge in [-0.2, -0.15) is 0 Å². The Morgan fingerprint density at radius 1 is 1.21 bits per heavy atom. The zero-order valence-electron chi connectivity index (χ0n) is 13.6. The van der Waals surface area contributed by atoms with Crippen molar-refractivity contribution in [2.45, 2.75) is 0 Å². The van der Waals surface area contributed by atoms with Gasteiger partial charge in [0.05, 0.1) is 16.6 Å². The van der Waals surface area contributed by atoms with E-state index in [4.69, 9.17) is 0 Å². The Kier molecular flexibility index (Phi) is 3.39. The molecule has 24 heavy (non-hydrogen) atoms. The number of nitrogens with zero attached hydrogens (tertiary/aromatic N) is 4. The third-order valence-electron chi connectivity index (χ3n) is 4.02. The highest BCUT2D eigenvalue weighted by atomic mass is 32.1. The molecule has 4 rings (SSSR count). The van der Waals surface area contributed by atoms with E-state index in [1.54, 1.807) is 17.1 Å². The molecule has 0 fully saturated rings. The third-order valence-corrected chi connectivity index (χ3v) is 5.10. The van der Waals surface area contributed by atoms with Crippen LogP contribution in [0.1, 0.15) is 0 Å². The predicted octanol–water partition coefficient (Wildman–Crippen LogP) is 1.32. The van der Waals surface area contributed by atoms with Crippen molar-refractivity contribution in [1.82, 2.24) is 14.5 Å². The molecule has 0 saturated heterocycles. The SMILES string of the molecule is Bc1cccc(-n2cnc3c(sc4nccc(N(C)C)c43)c2=O)c1. The normalized spacial score (nSPS) is 11.2. The largest absolute Gasteiger partial charge is 0.377 e. The molecule has 118 valence electrons. The van der Waals surface area contributed by atoms with Crippen molar-refractivity contribution in [3.63, 3.8) is 0 Å². The fourth-order valence-electron chi connectivity index (χ4n) is 2.87. The maximum Gasteiger partial charge on any atom is 0.275 e. The monoisotopic (exact) mass is 334 g/mol. The van der Waals surface area contributed by atoms with E-state index in [0.29, 0.717) is 4.70 Å². The van der Waals surface area contributed by atoms with E-state index < -0.39 is 0 Å². The molecule has 0 aliphatic rings. The lowest BCUT2D eigenvalue weighted by Crippen LogP contribution is -2.19. The third kappa shape index (κ3) is 2.20. The van der Waals surface area contributed by atoms with Crippen molar-refractivity contribution in [1.29, 1.82) is 0 Å². The molecule has 0 aliphatic carbocycles. The van der Waals surface area contributed by atoms with E-state index in [-0.39, 0.29) is 5.56 Å². The molecule has 0 bridgehead atoms. The number of fused-ring (bicyclic) bond motifs is 3. The predicted molar refractivity (Wildman–Crippen MR) is 103 cm³/mol. The standard InChI is InChI=1S/C17H15BN4OS/c1-21(2)12-6-7-19-16-13(12)14-15(24-16)17(23)22(9-20-14)11-5-3-4-10(18)8-11/h3-9H,18H2,1-2H3. The van der Waals surface area contributed by atoms with Crippen molar-refractivity contribution in [3.8, 4) is 5.69 Å². The van der Waals surface area contributed by atoms with Crippen LogP contribution in [0.5, 0.6) is 0 Å². The summed E-state index contributed by atoms with van der Waals surface area (Å²) in [5.41, 5.74) is 3.62. The van der Waals surface area contributed by atoms with Crippen LogP contribution >= 0.6 is 11.3 Å². The molecular weight excluding hydrogens is 319 g/mol. The molecule has 0 aliphatic heterocycles. The van der Waals surface area contributed by atoms with E-state index in [2.05, 4.69) is 9.97 Å². The number of hydrogen-bond donors (Lipinski definition) is 0. The molecule has 0 unspecified atom stereocenters. The number of thiophene rings is 1. The first-order chi connectivity index (χ1) is 11.6. The minimum atomic E-state index is -0.0571. The van der Waals surface area contributed by atoms with E-state index in [1.807, 2.05) is 57.2 Å². The number of anilines is 1. The topological polar surface area (TPSA) is 51.0 Å². The highest BCUT2D eigenvalue weighted by Gasteiger charge is 2.16. The van der Waals surface area contributed by atoms with Crippen LogP contribution in [0.2, 0.25) is 0 Å². The van der Waals surface area contributed by atoms with Crippen LogP contribution < -0.4 is 15.9 Å².